The summed E-state index contributed by atoms with van der Waals surface area (Å²) in [5, 5.41) is 0. The van der Waals surface area contributed by atoms with E-state index in [9.17, 15) is 0 Å². The summed E-state index contributed by atoms with van der Waals surface area (Å²) in [4.78, 5) is 0. The molecule has 0 amide bonds. The van der Waals surface area contributed by atoms with E-state index in [1.165, 1.54) is 0 Å². The lowest BCUT2D eigenvalue weighted by molar-refractivity contribution is 1.34. The van der Waals surface area contributed by atoms with E-state index < -0.39 is 0 Å². The number of hydrogen-bond acceptors (Lipinski definition) is 3. The van der Waals surface area contributed by atoms with Gasteiger partial charge in [-0.15, -0.1) is 11.8 Å². The topological polar surface area (TPSA) is 0 Å². The summed E-state index contributed by atoms with van der Waals surface area (Å²) in [5.74, 6) is 1.97. The average Bonchev–Trinajstić information content (AvgIpc) is 1.83. The zero-order valence-corrected chi connectivity index (χ0v) is 7.41. The van der Waals surface area contributed by atoms with Crippen LogP contribution in [-0.4, -0.2) is 15.7 Å². The first-order valence-corrected chi connectivity index (χ1v) is 4.60. The van der Waals surface area contributed by atoms with E-state index in [1.54, 1.807) is 11.8 Å². The summed E-state index contributed by atoms with van der Waals surface area (Å²) in [6, 6.07) is 0. The molecule has 0 saturated heterocycles. The first-order valence-electron chi connectivity index (χ1n) is 2.57. The quantitative estimate of drug-likeness (QED) is 0.505. The van der Waals surface area contributed by atoms with Gasteiger partial charge in [0, 0.05) is 9.95 Å². The van der Waals surface area contributed by atoms with Gasteiger partial charge >= 0.3 is 0 Å². The Labute approximate surface area is 65.8 Å². The van der Waals surface area contributed by atoms with Gasteiger partial charge in [0.25, 0.3) is 0 Å². The van der Waals surface area contributed by atoms with Crippen LogP contribution in [-0.2, 0) is 0 Å². The highest BCUT2D eigenvalue weighted by Crippen LogP contribution is 2.06. The van der Waals surface area contributed by atoms with Gasteiger partial charge in [0.2, 0.25) is 0 Å². The van der Waals surface area contributed by atoms with E-state index in [0.29, 0.717) is 0 Å². The van der Waals surface area contributed by atoms with E-state index in [-0.39, 0.29) is 0 Å². The zero-order chi connectivity index (χ0) is 6.41. The van der Waals surface area contributed by atoms with Crippen molar-refractivity contribution in [3.63, 3.8) is 0 Å². The van der Waals surface area contributed by atoms with Gasteiger partial charge in [0.05, 0.1) is 0 Å². The second-order valence-electron chi connectivity index (χ2n) is 1.30. The van der Waals surface area contributed by atoms with Crippen molar-refractivity contribution in [2.24, 2.45) is 0 Å². The van der Waals surface area contributed by atoms with Gasteiger partial charge in [-0.05, 0) is 12.2 Å². The van der Waals surface area contributed by atoms with Crippen molar-refractivity contribution in [1.82, 2.24) is 0 Å². The van der Waals surface area contributed by atoms with E-state index in [1.807, 2.05) is 0 Å². The first-order chi connectivity index (χ1) is 3.81. The fourth-order valence-corrected chi connectivity index (χ4v) is 1.31. The van der Waals surface area contributed by atoms with Crippen LogP contribution < -0.4 is 0 Å². The second kappa shape index (κ2) is 5.92. The fraction of sp³-hybridized carbons (Fsp3) is 0.800. The van der Waals surface area contributed by atoms with Crippen LogP contribution in [0.5, 0.6) is 0 Å². The van der Waals surface area contributed by atoms with Crippen LogP contribution in [0.15, 0.2) is 0 Å². The minimum Gasteiger partial charge on any atom is -0.178 e. The Bertz CT molecular complexity index is 70.1. The maximum Gasteiger partial charge on any atom is 0.0476 e. The van der Waals surface area contributed by atoms with Gasteiger partial charge in [-0.25, -0.2) is 0 Å². The second-order valence-corrected chi connectivity index (χ2v) is 3.69. The average molecular weight is 166 g/mol. The molecule has 0 aromatic carbocycles. The predicted octanol–water partition coefficient (Wildman–Crippen LogP) is 2.39. The summed E-state index contributed by atoms with van der Waals surface area (Å²) in [6.45, 7) is 2.08. The van der Waals surface area contributed by atoms with Crippen molar-refractivity contribution in [3.8, 4) is 0 Å². The van der Waals surface area contributed by atoms with E-state index >= 15 is 0 Å². The molecule has 3 heteroatoms. The van der Waals surface area contributed by atoms with Crippen molar-refractivity contribution < 1.29 is 0 Å². The highest BCUT2D eigenvalue weighted by molar-refractivity contribution is 8.23. The van der Waals surface area contributed by atoms with E-state index in [0.717, 1.165) is 22.1 Å². The summed E-state index contributed by atoms with van der Waals surface area (Å²) < 4.78 is 1.10. The maximum absolute atomic E-state index is 4.95. The third-order valence-corrected chi connectivity index (χ3v) is 2.83. The third-order valence-electron chi connectivity index (χ3n) is 0.643. The summed E-state index contributed by atoms with van der Waals surface area (Å²) >= 11 is 10.7. The molecule has 0 bridgehead atoms. The maximum atomic E-state index is 4.95. The van der Waals surface area contributed by atoms with Crippen LogP contribution in [0.25, 0.3) is 0 Å². The number of thiocarbonyl (C=S) groups is 1. The molecule has 0 aliphatic heterocycles. The Kier molecular flexibility index (Phi) is 6.50. The molecule has 0 N–H and O–H groups in total. The molecule has 0 atom stereocenters. The molecule has 0 aromatic heterocycles. The van der Waals surface area contributed by atoms with Gasteiger partial charge in [0.1, 0.15) is 0 Å². The Morgan fingerprint density at radius 1 is 1.75 bits per heavy atom. The lowest BCUT2D eigenvalue weighted by Crippen LogP contribution is -1.87. The van der Waals surface area contributed by atoms with Gasteiger partial charge in [-0.3, -0.25) is 0 Å². The molecule has 0 rings (SSSR count). The Hall–Kier alpha value is 0.790. The SMILES string of the molecule is CCC(=S)SCCS. The highest BCUT2D eigenvalue weighted by Gasteiger charge is 1.89. The van der Waals surface area contributed by atoms with Crippen LogP contribution in [0, 0.1) is 0 Å². The van der Waals surface area contributed by atoms with Crippen LogP contribution in [0.1, 0.15) is 13.3 Å². The van der Waals surface area contributed by atoms with E-state index in [4.69, 9.17) is 12.2 Å². The third kappa shape index (κ3) is 4.94. The fourth-order valence-electron chi connectivity index (χ4n) is 0.262. The molecule has 0 spiro atoms. The number of rotatable bonds is 3. The Balaban J connectivity index is 2.99. The lowest BCUT2D eigenvalue weighted by Gasteiger charge is -1.94. The summed E-state index contributed by atoms with van der Waals surface area (Å²) in [6.07, 6.45) is 1.01. The molecular formula is C5H10S3. The van der Waals surface area contributed by atoms with Gasteiger partial charge in [-0.1, -0.05) is 19.1 Å². The van der Waals surface area contributed by atoms with Crippen LogP contribution in [0.2, 0.25) is 0 Å². The highest BCUT2D eigenvalue weighted by atomic mass is 32.2. The first kappa shape index (κ1) is 8.79. The van der Waals surface area contributed by atoms with Gasteiger partial charge in [-0.2, -0.15) is 12.6 Å². The smallest absolute Gasteiger partial charge is 0.0476 e. The molecule has 0 aliphatic rings. The van der Waals surface area contributed by atoms with Gasteiger partial charge in [0.15, 0.2) is 0 Å². The van der Waals surface area contributed by atoms with Crippen LogP contribution >= 0.6 is 36.6 Å². The molecule has 0 fully saturated rings. The van der Waals surface area contributed by atoms with Crippen molar-refractivity contribution in [2.45, 2.75) is 13.3 Å². The molecule has 48 valence electrons. The van der Waals surface area contributed by atoms with E-state index in [2.05, 4.69) is 19.6 Å². The Morgan fingerprint density at radius 3 is 2.75 bits per heavy atom. The zero-order valence-electron chi connectivity index (χ0n) is 4.89. The summed E-state index contributed by atoms with van der Waals surface area (Å²) in [7, 11) is 0. The lowest BCUT2D eigenvalue weighted by atomic mass is 10.6. The number of hydrogen-bond donors (Lipinski definition) is 1. The van der Waals surface area contributed by atoms with Crippen LogP contribution in [0.4, 0.5) is 0 Å². The monoisotopic (exact) mass is 166 g/mol. The van der Waals surface area contributed by atoms with Crippen molar-refractivity contribution >= 4 is 40.8 Å². The number of thioether (sulfide) groups is 1. The molecule has 0 aliphatic carbocycles. The molecule has 0 unspecified atom stereocenters. The molecule has 0 saturated carbocycles. The molecule has 0 radical (unpaired) electrons. The molecule has 8 heavy (non-hydrogen) atoms. The van der Waals surface area contributed by atoms with Crippen molar-refractivity contribution in [2.75, 3.05) is 11.5 Å². The minimum absolute atomic E-state index is 0.921. The summed E-state index contributed by atoms with van der Waals surface area (Å²) in [5.41, 5.74) is 0. The van der Waals surface area contributed by atoms with Crippen LogP contribution in [0.3, 0.4) is 0 Å². The molecule has 0 heterocycles. The standard InChI is InChI=1S/C5H10S3/c1-2-5(7)8-4-3-6/h6H,2-4H2,1H3. The molecule has 0 nitrogen and oxygen atoms in total. The predicted molar refractivity (Wildman–Crippen MR) is 49.2 cm³/mol. The molecule has 0 aromatic rings. The van der Waals surface area contributed by atoms with Gasteiger partial charge < -0.3 is 0 Å². The Morgan fingerprint density at radius 2 is 2.38 bits per heavy atom. The normalized spacial score (nSPS) is 9.25. The minimum atomic E-state index is 0.921. The number of thiol groups is 1. The van der Waals surface area contributed by atoms with Crippen molar-refractivity contribution in [3.05, 3.63) is 0 Å². The molecular weight excluding hydrogens is 156 g/mol. The largest absolute Gasteiger partial charge is 0.178 e. The van der Waals surface area contributed by atoms with Crippen molar-refractivity contribution in [1.29, 1.82) is 0 Å².